The van der Waals surface area contributed by atoms with Gasteiger partial charge in [-0.25, -0.2) is 0 Å². The van der Waals surface area contributed by atoms with E-state index in [1.807, 2.05) is 67.0 Å². The number of benzene rings is 10. The number of allylic oxidation sites excluding steroid dienone is 10. The molecule has 15 aromatic rings. The van der Waals surface area contributed by atoms with Gasteiger partial charge in [0.1, 0.15) is 0 Å². The Morgan fingerprint density at radius 1 is 0.319 bits per heavy atom. The van der Waals surface area contributed by atoms with Crippen LogP contribution in [0.1, 0.15) is 177 Å². The first-order valence-electron chi connectivity index (χ1n) is 46.5. The van der Waals surface area contributed by atoms with Gasteiger partial charge in [0.05, 0.1) is 45.3 Å². The zero-order valence-corrected chi connectivity index (χ0v) is 98.8. The number of ketones is 5. The van der Waals surface area contributed by atoms with Crippen LogP contribution in [0.2, 0.25) is 0 Å². The second-order valence-electron chi connectivity index (χ2n) is 35.4. The van der Waals surface area contributed by atoms with Gasteiger partial charge in [-0.15, -0.1) is 176 Å². The van der Waals surface area contributed by atoms with E-state index in [-0.39, 0.29) is 158 Å². The van der Waals surface area contributed by atoms with Crippen molar-refractivity contribution in [3.8, 4) is 78.5 Å². The summed E-state index contributed by atoms with van der Waals surface area (Å²) in [6.07, 6.45) is 14.0. The quantitative estimate of drug-likeness (QED) is 0.0304. The maximum absolute atomic E-state index is 10.0. The maximum Gasteiger partial charge on any atom is 0.155 e. The van der Waals surface area contributed by atoms with Crippen molar-refractivity contribution in [3.05, 3.63) is 411 Å². The molecule has 0 aliphatic rings. The summed E-state index contributed by atoms with van der Waals surface area (Å²) in [7, 11) is 0. The predicted molar refractivity (Wildman–Crippen MR) is 575 cm³/mol. The van der Waals surface area contributed by atoms with Crippen LogP contribution in [0.15, 0.2) is 314 Å². The first-order valence-corrected chi connectivity index (χ1v) is 46.5. The number of aryl methyl sites for hydroxylation is 10. The second-order valence-corrected chi connectivity index (χ2v) is 35.4. The van der Waals surface area contributed by atoms with Crippen LogP contribution in [0, 0.1) is 104 Å². The summed E-state index contributed by atoms with van der Waals surface area (Å²) >= 11 is 0. The van der Waals surface area contributed by atoms with Crippen LogP contribution >= 0.6 is 0 Å². The fraction of sp³-hybridized carbons (Fsp3) is 0.242. The van der Waals surface area contributed by atoms with Crippen molar-refractivity contribution in [1.82, 2.24) is 24.9 Å². The molecule has 5 N–H and O–H groups in total. The summed E-state index contributed by atoms with van der Waals surface area (Å²) in [5.74, 6) is 0.999. The molecule has 15 nitrogen and oxygen atoms in total. The molecule has 10 aromatic carbocycles. The summed E-state index contributed by atoms with van der Waals surface area (Å²) in [5, 5.41) is 45.5. The molecule has 20 heteroatoms. The Morgan fingerprint density at radius 2 is 0.688 bits per heavy atom. The number of carbonyl (C=O) groups excluding carboxylic acids is 5. The van der Waals surface area contributed by atoms with Crippen molar-refractivity contribution in [2.24, 2.45) is 11.8 Å². The number of aliphatic hydroxyl groups excluding tert-OH is 5. The molecule has 5 heterocycles. The molecule has 144 heavy (non-hydrogen) atoms. The normalized spacial score (nSPS) is 10.7. The summed E-state index contributed by atoms with van der Waals surface area (Å²) in [5.41, 5.74) is 33.5. The molecule has 0 unspecified atom stereocenters. The average molecular weight is 2820 g/mol. The number of hydrogen-bond acceptors (Lipinski definition) is 15. The minimum Gasteiger partial charge on any atom is -0.512 e. The molecule has 0 fully saturated rings. The van der Waals surface area contributed by atoms with E-state index in [1.165, 1.54) is 188 Å². The number of nitrogens with zero attached hydrogens (tertiary/aromatic N) is 5. The van der Waals surface area contributed by atoms with Crippen molar-refractivity contribution in [3.63, 3.8) is 0 Å². The molecule has 5 aromatic heterocycles. The van der Waals surface area contributed by atoms with Gasteiger partial charge in [0.15, 0.2) is 28.9 Å². The molecule has 0 bridgehead atoms. The van der Waals surface area contributed by atoms with E-state index in [2.05, 4.69) is 325 Å². The molecule has 0 aliphatic heterocycles. The molecule has 765 valence electrons. The van der Waals surface area contributed by atoms with Crippen molar-refractivity contribution in [2.45, 2.75) is 192 Å². The Kier molecular flexibility index (Phi) is 61.0. The standard InChI is InChI=1S/2C21H22N.C20H20N.C19H16N.C18H14N.5C5H8O2.5Ir/c1-14(2)9-17-5-6-18-7-8-20(22-21(18)13-17)19-11-15(3)10-16(4)12-19;1-14(2)10-17-6-5-7-21-19(17)8-9-20(22-21)18-12-15(3)11-16(4)13-18;1-4-5-16-6-7-17-8-9-19(21-20(17)13-16)18-11-14(2)10-15(3)12-18;1-14-8-9-18(15(2)12-14)17-10-11-20-19(13-17)16-6-4-3-5-7-16;1-14-7-9-15(10-8-14)17-11-12-19-18(13-17)16-5-3-2-4-6-16;5*1-4(6)3-5(2)7;;;;;/h5-8,10-11,13-14H,9H2,1-4H3;5-9,11-12,14H,10H2,1-4H3;6-11,13H,4-5H2,1-3H3;3-6,8-13H,1-2H3;2-5,7-13H,1H3;5*3,6H,1-2H3;;;;;/q5*-1;;;;;;;;;;. The molecule has 0 saturated carbocycles. The van der Waals surface area contributed by atoms with E-state index < -0.39 is 0 Å². The van der Waals surface area contributed by atoms with E-state index >= 15 is 0 Å². The first kappa shape index (κ1) is 130. The minimum atomic E-state index is -0.125. The largest absolute Gasteiger partial charge is 0.512 e. The SMILES string of the molecule is CC(=O)C=C(C)O.CC(=O)C=C(C)O.CC(=O)C=C(C)O.CC(=O)C=C(C)O.CC(=O)C=C(C)O.CCCc1ccc2ccc(-c3[c-]c(C)cc(C)c3)nc2c1.Cc1[c-]c(-c2ccc3c(CC(C)C)cccc3n2)cc(C)c1.Cc1[c-]c(-c2ccc3ccc(CC(C)C)cc3n2)cc(C)c1.Cc1ccc(-c2ccnc(-c3[c-]cccc3)c2)c(C)c1.Cc1ccc(-c2ccnc(-c3[c-]cccc3)c2)cc1.[Ir].[Ir].[Ir].[Ir].[Ir]. The van der Waals surface area contributed by atoms with Gasteiger partial charge < -0.3 is 35.5 Å². The third kappa shape index (κ3) is 49.5. The third-order valence-electron chi connectivity index (χ3n) is 20.0. The monoisotopic (exact) mass is 2820 g/mol. The minimum absolute atomic E-state index is 0. The molecule has 0 atom stereocenters. The Labute approximate surface area is 921 Å². The van der Waals surface area contributed by atoms with Crippen molar-refractivity contribution in [2.75, 3.05) is 0 Å². The van der Waals surface area contributed by atoms with Gasteiger partial charge in [-0.2, -0.15) is 0 Å². The van der Waals surface area contributed by atoms with Gasteiger partial charge in [-0.3, -0.25) is 38.9 Å². The van der Waals surface area contributed by atoms with E-state index in [9.17, 15) is 24.0 Å². The molecular formula is C124H134Ir5N5O10-5. The number of pyridine rings is 5. The van der Waals surface area contributed by atoms with Crippen LogP contribution in [0.5, 0.6) is 0 Å². The fourth-order valence-electron chi connectivity index (χ4n) is 14.7. The van der Waals surface area contributed by atoms with E-state index in [4.69, 9.17) is 40.5 Å². The summed E-state index contributed by atoms with van der Waals surface area (Å²) in [6.45, 7) is 44.4. The zero-order chi connectivity index (χ0) is 103. The molecule has 0 amide bonds. The van der Waals surface area contributed by atoms with Crippen LogP contribution in [0.4, 0.5) is 0 Å². The first-order chi connectivity index (χ1) is 65.9. The van der Waals surface area contributed by atoms with Gasteiger partial charge in [-0.05, 0) is 235 Å². The smallest absolute Gasteiger partial charge is 0.155 e. The number of fused-ring (bicyclic) bond motifs is 3. The van der Waals surface area contributed by atoms with Gasteiger partial charge in [0.25, 0.3) is 0 Å². The number of aromatic nitrogens is 5. The average Bonchev–Trinajstić information content (AvgIpc) is 0.796. The Balaban J connectivity index is 0.000000824. The Morgan fingerprint density at radius 3 is 1.05 bits per heavy atom. The molecule has 5 radical (unpaired) electrons. The van der Waals surface area contributed by atoms with Crippen molar-refractivity contribution >= 4 is 61.6 Å². The van der Waals surface area contributed by atoms with Crippen LogP contribution in [-0.2, 0) is 144 Å². The number of hydrogen-bond donors (Lipinski definition) is 5. The molecule has 0 saturated heterocycles. The molecule has 0 aliphatic carbocycles. The molecule has 0 spiro atoms. The van der Waals surface area contributed by atoms with Crippen LogP contribution in [0.3, 0.4) is 0 Å². The predicted octanol–water partition coefficient (Wildman–Crippen LogP) is 30.8. The summed E-state index contributed by atoms with van der Waals surface area (Å²) in [4.78, 5) is 73.5. The van der Waals surface area contributed by atoms with E-state index in [0.29, 0.717) is 11.8 Å². The number of rotatable bonds is 18. The van der Waals surface area contributed by atoms with Crippen molar-refractivity contribution < 1.29 is 150 Å². The summed E-state index contributed by atoms with van der Waals surface area (Å²) in [6, 6.07) is 101. The van der Waals surface area contributed by atoms with Crippen LogP contribution in [0.25, 0.3) is 111 Å². The molecule has 15 rings (SSSR count). The zero-order valence-electron chi connectivity index (χ0n) is 86.8. The van der Waals surface area contributed by atoms with Gasteiger partial charge in [-0.1, -0.05) is 221 Å². The molecular weight excluding hydrogens is 2680 g/mol. The third-order valence-corrected chi connectivity index (χ3v) is 20.0. The van der Waals surface area contributed by atoms with Crippen LogP contribution < -0.4 is 0 Å². The van der Waals surface area contributed by atoms with Gasteiger partial charge in [0, 0.05) is 149 Å². The number of aliphatic hydroxyl groups is 5. The van der Waals surface area contributed by atoms with E-state index in [0.717, 1.165) is 115 Å². The Bertz CT molecular complexity index is 6510. The fourth-order valence-corrected chi connectivity index (χ4v) is 14.7. The van der Waals surface area contributed by atoms with Crippen molar-refractivity contribution in [1.29, 1.82) is 0 Å². The van der Waals surface area contributed by atoms with Gasteiger partial charge >= 0.3 is 0 Å². The topological polar surface area (TPSA) is 251 Å². The van der Waals surface area contributed by atoms with Crippen LogP contribution in [-0.4, -0.2) is 79.4 Å². The Hall–Kier alpha value is -12.0. The van der Waals surface area contributed by atoms with Gasteiger partial charge in [0.2, 0.25) is 0 Å². The second kappa shape index (κ2) is 67.6. The van der Waals surface area contributed by atoms with E-state index in [1.54, 1.807) is 0 Å². The number of carbonyl (C=O) groups is 5. The maximum atomic E-state index is 10.0. The summed E-state index contributed by atoms with van der Waals surface area (Å²) < 4.78 is 0.